The molecule has 0 aliphatic carbocycles. The molecule has 0 fully saturated rings. The molecule has 8 nitrogen and oxygen atoms in total. The number of hydrogen-bond acceptors (Lipinski definition) is 8. The van der Waals surface area contributed by atoms with E-state index in [1.165, 1.54) is 0 Å². The zero-order valence-electron chi connectivity index (χ0n) is 11.5. The van der Waals surface area contributed by atoms with Gasteiger partial charge in [0.15, 0.2) is 0 Å². The number of anilines is 2. The van der Waals surface area contributed by atoms with Crippen molar-refractivity contribution >= 4 is 11.9 Å². The number of nitrogens with two attached hydrogens (primary N) is 1. The van der Waals surface area contributed by atoms with Crippen molar-refractivity contribution in [3.05, 3.63) is 0 Å². The minimum atomic E-state index is -0.0213. The van der Waals surface area contributed by atoms with Crippen LogP contribution in [0.15, 0.2) is 0 Å². The fourth-order valence-corrected chi connectivity index (χ4v) is 1.19. The number of nitrogen functional groups attached to an aromatic ring is 1. The van der Waals surface area contributed by atoms with Gasteiger partial charge in [-0.25, -0.2) is 0 Å². The van der Waals surface area contributed by atoms with Crippen LogP contribution in [-0.4, -0.2) is 54.5 Å². The van der Waals surface area contributed by atoms with Gasteiger partial charge >= 0.3 is 6.01 Å². The van der Waals surface area contributed by atoms with Crippen LogP contribution in [0, 0.1) is 0 Å². The standard InChI is InChI=1S/C11H21N5O3/c1-8(2)19-11-15-9(12)14-10(16-11)13-4-5-18-7-6-17-3/h8H,4-7H2,1-3H3,(H3,12,13,14,15,16). The molecule has 0 amide bonds. The summed E-state index contributed by atoms with van der Waals surface area (Å²) in [6.45, 7) is 5.99. The van der Waals surface area contributed by atoms with E-state index in [9.17, 15) is 0 Å². The molecule has 1 heterocycles. The Hall–Kier alpha value is -1.67. The van der Waals surface area contributed by atoms with Gasteiger partial charge < -0.3 is 25.3 Å². The van der Waals surface area contributed by atoms with Gasteiger partial charge in [0.2, 0.25) is 11.9 Å². The Kier molecular flexibility index (Phi) is 6.83. The summed E-state index contributed by atoms with van der Waals surface area (Å²) in [6.07, 6.45) is -0.0213. The molecule has 0 radical (unpaired) electrons. The summed E-state index contributed by atoms with van der Waals surface area (Å²) in [5.41, 5.74) is 5.58. The highest BCUT2D eigenvalue weighted by Gasteiger charge is 2.06. The predicted molar refractivity (Wildman–Crippen MR) is 71.2 cm³/mol. The first-order valence-corrected chi connectivity index (χ1v) is 6.10. The van der Waals surface area contributed by atoms with Crippen molar-refractivity contribution < 1.29 is 14.2 Å². The van der Waals surface area contributed by atoms with Crippen LogP contribution in [0.3, 0.4) is 0 Å². The van der Waals surface area contributed by atoms with Crippen molar-refractivity contribution in [2.24, 2.45) is 0 Å². The second-order valence-corrected chi connectivity index (χ2v) is 4.00. The van der Waals surface area contributed by atoms with E-state index in [0.717, 1.165) is 0 Å². The van der Waals surface area contributed by atoms with Crippen molar-refractivity contribution in [2.45, 2.75) is 20.0 Å². The summed E-state index contributed by atoms with van der Waals surface area (Å²) in [5.74, 6) is 0.493. The third kappa shape index (κ3) is 6.73. The average Bonchev–Trinajstić information content (AvgIpc) is 2.32. The molecule has 3 N–H and O–H groups in total. The van der Waals surface area contributed by atoms with Crippen LogP contribution in [0.1, 0.15) is 13.8 Å². The molecular weight excluding hydrogens is 250 g/mol. The third-order valence-corrected chi connectivity index (χ3v) is 1.93. The van der Waals surface area contributed by atoms with Crippen LogP contribution >= 0.6 is 0 Å². The molecule has 0 saturated heterocycles. The smallest absolute Gasteiger partial charge is 0.323 e. The van der Waals surface area contributed by atoms with E-state index in [-0.39, 0.29) is 18.1 Å². The fourth-order valence-electron chi connectivity index (χ4n) is 1.19. The van der Waals surface area contributed by atoms with Gasteiger partial charge in [-0.15, -0.1) is 0 Å². The highest BCUT2D eigenvalue weighted by molar-refractivity contribution is 5.32. The molecule has 0 spiro atoms. The van der Waals surface area contributed by atoms with Gasteiger partial charge in [0, 0.05) is 13.7 Å². The molecule has 8 heteroatoms. The van der Waals surface area contributed by atoms with Gasteiger partial charge in [0.25, 0.3) is 0 Å². The normalized spacial score (nSPS) is 10.7. The molecule has 1 rings (SSSR count). The van der Waals surface area contributed by atoms with Gasteiger partial charge in [0.05, 0.1) is 25.9 Å². The molecule has 0 aromatic carbocycles. The first kappa shape index (κ1) is 15.4. The Bertz CT molecular complexity index is 375. The van der Waals surface area contributed by atoms with E-state index in [0.29, 0.717) is 32.3 Å². The number of ether oxygens (including phenoxy) is 3. The summed E-state index contributed by atoms with van der Waals surface area (Å²) in [7, 11) is 1.63. The van der Waals surface area contributed by atoms with E-state index in [2.05, 4.69) is 20.3 Å². The third-order valence-electron chi connectivity index (χ3n) is 1.93. The van der Waals surface area contributed by atoms with Crippen molar-refractivity contribution in [3.8, 4) is 6.01 Å². The highest BCUT2D eigenvalue weighted by Crippen LogP contribution is 2.10. The number of rotatable bonds is 9. The maximum atomic E-state index is 5.58. The molecule has 0 bridgehead atoms. The van der Waals surface area contributed by atoms with Crippen molar-refractivity contribution in [2.75, 3.05) is 44.5 Å². The number of aromatic nitrogens is 3. The minimum absolute atomic E-state index is 0.0213. The quantitative estimate of drug-likeness (QED) is 0.619. The van der Waals surface area contributed by atoms with Crippen LogP contribution in [0.5, 0.6) is 6.01 Å². The Morgan fingerprint density at radius 3 is 2.63 bits per heavy atom. The first-order chi connectivity index (χ1) is 9.11. The van der Waals surface area contributed by atoms with Crippen LogP contribution < -0.4 is 15.8 Å². The second-order valence-electron chi connectivity index (χ2n) is 4.00. The molecule has 0 unspecified atom stereocenters. The predicted octanol–water partition coefficient (Wildman–Crippen LogP) is 0.316. The van der Waals surface area contributed by atoms with Gasteiger partial charge in [-0.2, -0.15) is 15.0 Å². The minimum Gasteiger partial charge on any atom is -0.461 e. The lowest BCUT2D eigenvalue weighted by Crippen LogP contribution is -2.16. The van der Waals surface area contributed by atoms with Gasteiger partial charge in [-0.3, -0.25) is 0 Å². The molecular formula is C11H21N5O3. The maximum Gasteiger partial charge on any atom is 0.323 e. The van der Waals surface area contributed by atoms with Gasteiger partial charge in [-0.05, 0) is 13.8 Å². The lowest BCUT2D eigenvalue weighted by atomic mass is 10.5. The summed E-state index contributed by atoms with van der Waals surface area (Å²) >= 11 is 0. The van der Waals surface area contributed by atoms with Crippen LogP contribution in [-0.2, 0) is 9.47 Å². The topological polar surface area (TPSA) is 104 Å². The first-order valence-electron chi connectivity index (χ1n) is 6.10. The van der Waals surface area contributed by atoms with E-state index < -0.39 is 0 Å². The van der Waals surface area contributed by atoms with E-state index >= 15 is 0 Å². The van der Waals surface area contributed by atoms with Crippen molar-refractivity contribution in [1.29, 1.82) is 0 Å². The zero-order chi connectivity index (χ0) is 14.1. The Balaban J connectivity index is 2.38. The van der Waals surface area contributed by atoms with Crippen molar-refractivity contribution in [3.63, 3.8) is 0 Å². The summed E-state index contributed by atoms with van der Waals surface area (Å²) in [4.78, 5) is 11.9. The average molecular weight is 271 g/mol. The zero-order valence-corrected chi connectivity index (χ0v) is 11.5. The Morgan fingerprint density at radius 2 is 1.95 bits per heavy atom. The Morgan fingerprint density at radius 1 is 1.16 bits per heavy atom. The van der Waals surface area contributed by atoms with Gasteiger partial charge in [0.1, 0.15) is 0 Å². The molecule has 0 atom stereocenters. The van der Waals surface area contributed by atoms with E-state index in [1.54, 1.807) is 7.11 Å². The SMILES string of the molecule is COCCOCCNc1nc(N)nc(OC(C)C)n1. The van der Waals surface area contributed by atoms with Crippen LogP contribution in [0.25, 0.3) is 0 Å². The number of methoxy groups -OCH3 is 1. The monoisotopic (exact) mass is 271 g/mol. The molecule has 1 aromatic heterocycles. The molecule has 1 aromatic rings. The lowest BCUT2D eigenvalue weighted by Gasteiger charge is -2.10. The number of nitrogens with one attached hydrogen (secondary N) is 1. The van der Waals surface area contributed by atoms with E-state index in [1.807, 2.05) is 13.8 Å². The molecule has 0 aliphatic heterocycles. The summed E-state index contributed by atoms with van der Waals surface area (Å²) in [5, 5.41) is 2.99. The Labute approximate surface area is 112 Å². The van der Waals surface area contributed by atoms with Crippen molar-refractivity contribution in [1.82, 2.24) is 15.0 Å². The molecule has 0 aliphatic rings. The van der Waals surface area contributed by atoms with Crippen LogP contribution in [0.2, 0.25) is 0 Å². The van der Waals surface area contributed by atoms with E-state index in [4.69, 9.17) is 19.9 Å². The van der Waals surface area contributed by atoms with Gasteiger partial charge in [-0.1, -0.05) is 0 Å². The molecule has 0 saturated carbocycles. The fraction of sp³-hybridized carbons (Fsp3) is 0.727. The second kappa shape index (κ2) is 8.44. The number of hydrogen-bond donors (Lipinski definition) is 2. The summed E-state index contributed by atoms with van der Waals surface area (Å²) in [6, 6.07) is 0.213. The summed E-state index contributed by atoms with van der Waals surface area (Å²) < 4.78 is 15.5. The molecule has 19 heavy (non-hydrogen) atoms. The largest absolute Gasteiger partial charge is 0.461 e. The lowest BCUT2D eigenvalue weighted by molar-refractivity contribution is 0.0758. The number of nitrogens with zero attached hydrogens (tertiary/aromatic N) is 3. The highest BCUT2D eigenvalue weighted by atomic mass is 16.5. The maximum absolute atomic E-state index is 5.58. The van der Waals surface area contributed by atoms with Crippen LogP contribution in [0.4, 0.5) is 11.9 Å². The molecule has 108 valence electrons.